The number of fused-ring (bicyclic) bond motifs is 6. The summed E-state index contributed by atoms with van der Waals surface area (Å²) >= 11 is 0. The predicted octanol–water partition coefficient (Wildman–Crippen LogP) is 5.02. The van der Waals surface area contributed by atoms with Crippen molar-refractivity contribution in [2.45, 2.75) is 89.3 Å². The van der Waals surface area contributed by atoms with Crippen molar-refractivity contribution in [2.24, 2.45) is 5.92 Å². The Balaban J connectivity index is 0.988. The molecule has 6 aliphatic rings. The number of hydrogen-bond acceptors (Lipinski definition) is 10. The molecule has 0 radical (unpaired) electrons. The Morgan fingerprint density at radius 2 is 1.96 bits per heavy atom. The molecule has 14 heteroatoms. The average Bonchev–Trinajstić information content (AvgIpc) is 3.91. The van der Waals surface area contributed by atoms with Gasteiger partial charge in [-0.25, -0.2) is 8.78 Å². The largest absolute Gasteiger partial charge is 0.508 e. The highest BCUT2D eigenvalue weighted by atomic mass is 19.1. The van der Waals surface area contributed by atoms with Crippen LogP contribution in [0.1, 0.15) is 72.0 Å². The van der Waals surface area contributed by atoms with Crippen molar-refractivity contribution in [3.05, 3.63) is 64.4 Å². The van der Waals surface area contributed by atoms with E-state index in [0.29, 0.717) is 95.5 Å². The Labute approximate surface area is 319 Å². The van der Waals surface area contributed by atoms with Crippen LogP contribution in [0.3, 0.4) is 0 Å². The van der Waals surface area contributed by atoms with Gasteiger partial charge >= 0.3 is 6.01 Å². The van der Waals surface area contributed by atoms with Crippen LogP contribution in [0.5, 0.6) is 11.8 Å². The zero-order valence-electron chi connectivity index (χ0n) is 31.4. The van der Waals surface area contributed by atoms with E-state index in [1.54, 1.807) is 18.2 Å². The molecule has 0 unspecified atom stereocenters. The highest BCUT2D eigenvalue weighted by Gasteiger charge is 2.49. The maximum Gasteiger partial charge on any atom is 0.318 e. The first-order valence-corrected chi connectivity index (χ1v) is 20.1. The molecule has 290 valence electrons. The van der Waals surface area contributed by atoms with Gasteiger partial charge in [-0.2, -0.15) is 15.1 Å². The second-order valence-corrected chi connectivity index (χ2v) is 16.5. The van der Waals surface area contributed by atoms with E-state index >= 15 is 4.39 Å². The summed E-state index contributed by atoms with van der Waals surface area (Å²) in [7, 11) is 0. The van der Waals surface area contributed by atoms with Crippen LogP contribution in [0.25, 0.3) is 10.8 Å². The Bertz CT molecular complexity index is 2150. The molecule has 0 spiro atoms. The number of ether oxygens (including phenoxy) is 2. The highest BCUT2D eigenvalue weighted by Crippen LogP contribution is 2.42. The van der Waals surface area contributed by atoms with Crippen molar-refractivity contribution in [3.63, 3.8) is 0 Å². The van der Waals surface area contributed by atoms with Gasteiger partial charge in [-0.1, -0.05) is 13.0 Å². The number of carbonyl (C=O) groups is 1. The molecular formula is C41H48F2N8O4. The third-order valence-electron chi connectivity index (χ3n) is 13.0. The minimum atomic E-state index is -0.871. The highest BCUT2D eigenvalue weighted by molar-refractivity contribution is 5.98. The molecule has 0 aliphatic carbocycles. The normalized spacial score (nSPS) is 26.3. The fraction of sp³-hybridized carbons (Fsp3) is 0.561. The van der Waals surface area contributed by atoms with Crippen molar-refractivity contribution < 1.29 is 28.2 Å². The lowest BCUT2D eigenvalue weighted by molar-refractivity contribution is 0.0558. The molecule has 8 heterocycles. The number of halogens is 2. The predicted molar refractivity (Wildman–Crippen MR) is 202 cm³/mol. The first-order chi connectivity index (χ1) is 26.7. The molecule has 6 aliphatic heterocycles. The summed E-state index contributed by atoms with van der Waals surface area (Å²) in [6.45, 7) is 8.53. The molecule has 0 saturated carbocycles. The molecule has 55 heavy (non-hydrogen) atoms. The summed E-state index contributed by atoms with van der Waals surface area (Å²) in [5, 5.41) is 17.2. The minimum absolute atomic E-state index is 0.0455. The standard InChI is InChI=1S/C41H48F2N8O4/c1-2-31-33(43)6-5-26-14-29(52)16-36(37(26)31)47-12-7-32-35(22-47)44-40(55-24-41-8-3-10-50(41)19-27(42)17-41)45-38(32)48-9-4-11-51-28(20-48)15-34(46-51)39(53)49-18-25-13-30(21-49)54-23-25/h5-6,14-16,25,27,30,52H,2-4,7-13,17-24H2,1H3/t25-,27+,30+,41-/m0/s1. The van der Waals surface area contributed by atoms with Crippen LogP contribution in [0.15, 0.2) is 30.3 Å². The van der Waals surface area contributed by atoms with E-state index in [4.69, 9.17) is 24.5 Å². The molecular weight excluding hydrogens is 706 g/mol. The SMILES string of the molecule is CCc1c(F)ccc2cc(O)cc(N3CCc4c(nc(OC[C@@]56CCCN5C[C@H](F)C6)nc4N4CCCn5nc(C(=O)N6C[C@H]7CO[C@H](C7)C6)cc5C4)C3)c12. The van der Waals surface area contributed by atoms with Crippen molar-refractivity contribution in [1.82, 2.24) is 29.5 Å². The lowest BCUT2D eigenvalue weighted by Crippen LogP contribution is -2.43. The van der Waals surface area contributed by atoms with E-state index in [1.165, 1.54) is 6.07 Å². The topological polar surface area (TPSA) is 112 Å². The molecule has 4 fully saturated rings. The third kappa shape index (κ3) is 6.16. The van der Waals surface area contributed by atoms with E-state index in [0.717, 1.165) is 78.0 Å². The number of aromatic hydroxyl groups is 1. The van der Waals surface area contributed by atoms with E-state index in [2.05, 4.69) is 14.7 Å². The van der Waals surface area contributed by atoms with Crippen LogP contribution >= 0.6 is 0 Å². The van der Waals surface area contributed by atoms with Crippen molar-refractivity contribution in [1.29, 1.82) is 0 Å². The van der Waals surface area contributed by atoms with Crippen LogP contribution in [0.2, 0.25) is 0 Å². The molecule has 12 nitrogen and oxygen atoms in total. The Morgan fingerprint density at radius 3 is 2.84 bits per heavy atom. The molecule has 2 bridgehead atoms. The van der Waals surface area contributed by atoms with Crippen LogP contribution in [-0.4, -0.2) is 111 Å². The number of piperidine rings is 1. The van der Waals surface area contributed by atoms with Crippen LogP contribution in [0.4, 0.5) is 20.3 Å². The fourth-order valence-corrected chi connectivity index (χ4v) is 10.4. The van der Waals surface area contributed by atoms with Crippen LogP contribution in [-0.2, 0) is 37.2 Å². The van der Waals surface area contributed by atoms with E-state index in [9.17, 15) is 14.3 Å². The number of benzene rings is 2. The zero-order valence-corrected chi connectivity index (χ0v) is 31.4. The molecule has 10 rings (SSSR count). The maximum atomic E-state index is 15.2. The smallest absolute Gasteiger partial charge is 0.318 e. The van der Waals surface area contributed by atoms with Gasteiger partial charge in [0.05, 0.1) is 42.7 Å². The molecule has 4 atom stereocenters. The van der Waals surface area contributed by atoms with Crippen LogP contribution < -0.4 is 14.5 Å². The Hall–Kier alpha value is -4.56. The van der Waals surface area contributed by atoms with Gasteiger partial charge in [0.15, 0.2) is 5.69 Å². The molecule has 2 aromatic heterocycles. The summed E-state index contributed by atoms with van der Waals surface area (Å²) in [4.78, 5) is 32.4. The number of hydrogen-bond donors (Lipinski definition) is 1. The number of carbonyl (C=O) groups excluding carboxylic acids is 1. The van der Waals surface area contributed by atoms with E-state index in [-0.39, 0.29) is 35.1 Å². The molecule has 4 saturated heterocycles. The number of nitrogens with zero attached hydrogens (tertiary/aromatic N) is 8. The lowest BCUT2D eigenvalue weighted by Gasteiger charge is -2.35. The number of rotatable bonds is 7. The third-order valence-corrected chi connectivity index (χ3v) is 13.0. The molecule has 1 N–H and O–H groups in total. The van der Waals surface area contributed by atoms with Gasteiger partial charge in [0.1, 0.15) is 30.2 Å². The Morgan fingerprint density at radius 1 is 1.05 bits per heavy atom. The summed E-state index contributed by atoms with van der Waals surface area (Å²) in [6.07, 6.45) is 4.54. The van der Waals surface area contributed by atoms with Gasteiger partial charge in [-0.3, -0.25) is 14.4 Å². The fourth-order valence-electron chi connectivity index (χ4n) is 10.4. The summed E-state index contributed by atoms with van der Waals surface area (Å²) < 4.78 is 44.2. The van der Waals surface area contributed by atoms with Gasteiger partial charge in [0.25, 0.3) is 5.91 Å². The second-order valence-electron chi connectivity index (χ2n) is 16.5. The first kappa shape index (κ1) is 34.9. The zero-order chi connectivity index (χ0) is 37.4. The van der Waals surface area contributed by atoms with Crippen molar-refractivity contribution >= 4 is 28.2 Å². The number of likely N-dealkylation sites (tertiary alicyclic amines) is 1. The summed E-state index contributed by atoms with van der Waals surface area (Å²) in [5.41, 5.74) is 4.27. The Kier molecular flexibility index (Phi) is 8.61. The number of aryl methyl sites for hydroxylation is 2. The average molecular weight is 755 g/mol. The molecule has 1 amide bonds. The van der Waals surface area contributed by atoms with Crippen LogP contribution in [0, 0.1) is 11.7 Å². The minimum Gasteiger partial charge on any atom is -0.508 e. The number of aromatic nitrogens is 4. The maximum absolute atomic E-state index is 15.2. The van der Waals surface area contributed by atoms with E-state index < -0.39 is 6.17 Å². The summed E-state index contributed by atoms with van der Waals surface area (Å²) in [6, 6.07) is 8.80. The number of phenolic OH excluding ortho intramolecular Hbond substituents is 1. The monoisotopic (exact) mass is 754 g/mol. The number of alkyl halides is 1. The quantitative estimate of drug-likeness (QED) is 0.276. The van der Waals surface area contributed by atoms with Gasteiger partial charge in [0.2, 0.25) is 0 Å². The summed E-state index contributed by atoms with van der Waals surface area (Å²) in [5.74, 6) is 1.00. The number of phenols is 1. The van der Waals surface area contributed by atoms with Crippen molar-refractivity contribution in [2.75, 3.05) is 62.3 Å². The van der Waals surface area contributed by atoms with Gasteiger partial charge < -0.3 is 29.3 Å². The lowest BCUT2D eigenvalue weighted by atomic mass is 9.95. The number of amides is 1. The second kappa shape index (κ2) is 13.6. The van der Waals surface area contributed by atoms with E-state index in [1.807, 2.05) is 22.6 Å². The molecule has 2 aromatic carbocycles. The van der Waals surface area contributed by atoms with Gasteiger partial charge in [0, 0.05) is 74.3 Å². The molecule has 4 aromatic rings. The van der Waals surface area contributed by atoms with Crippen molar-refractivity contribution in [3.8, 4) is 11.8 Å². The van der Waals surface area contributed by atoms with Gasteiger partial charge in [-0.05, 0) is 74.2 Å². The number of anilines is 2. The first-order valence-electron chi connectivity index (χ1n) is 20.1. The van der Waals surface area contributed by atoms with Gasteiger partial charge in [-0.15, -0.1) is 0 Å².